The summed E-state index contributed by atoms with van der Waals surface area (Å²) >= 11 is 0. The monoisotopic (exact) mass is 258 g/mol. The maximum atomic E-state index is 12.0. The number of nitrogens with zero attached hydrogens (tertiary/aromatic N) is 2. The van der Waals surface area contributed by atoms with Crippen LogP contribution in [0.2, 0.25) is 0 Å². The molecule has 1 unspecified atom stereocenters. The first-order valence-corrected chi connectivity index (χ1v) is 7.28. The van der Waals surface area contributed by atoms with Gasteiger partial charge in [0.05, 0.1) is 6.20 Å². The summed E-state index contributed by atoms with van der Waals surface area (Å²) < 4.78 is 28.3. The van der Waals surface area contributed by atoms with Gasteiger partial charge in [0.15, 0.2) is 0 Å². The van der Waals surface area contributed by atoms with Crippen LogP contribution in [0.5, 0.6) is 0 Å². The van der Waals surface area contributed by atoms with Crippen LogP contribution < -0.4 is 10.0 Å². The predicted molar refractivity (Wildman–Crippen MR) is 64.0 cm³/mol. The molecule has 0 aromatic carbocycles. The van der Waals surface area contributed by atoms with Crippen LogP contribution in [0.25, 0.3) is 0 Å². The zero-order chi connectivity index (χ0) is 12.3. The van der Waals surface area contributed by atoms with Crippen molar-refractivity contribution in [2.75, 3.05) is 13.1 Å². The van der Waals surface area contributed by atoms with Gasteiger partial charge in [0.1, 0.15) is 4.90 Å². The fourth-order valence-corrected chi connectivity index (χ4v) is 3.20. The van der Waals surface area contributed by atoms with Crippen LogP contribution >= 0.6 is 0 Å². The van der Waals surface area contributed by atoms with Crippen molar-refractivity contribution in [3.8, 4) is 0 Å². The molecule has 0 bridgehead atoms. The van der Waals surface area contributed by atoms with Crippen LogP contribution in [-0.2, 0) is 17.1 Å². The van der Waals surface area contributed by atoms with Crippen LogP contribution in [0.4, 0.5) is 0 Å². The zero-order valence-electron chi connectivity index (χ0n) is 9.89. The van der Waals surface area contributed by atoms with Crippen LogP contribution in [0.3, 0.4) is 0 Å². The van der Waals surface area contributed by atoms with E-state index >= 15 is 0 Å². The predicted octanol–water partition coefficient (Wildman–Crippen LogP) is -0.159. The number of aromatic nitrogens is 2. The average molecular weight is 258 g/mol. The second-order valence-electron chi connectivity index (χ2n) is 4.37. The molecule has 1 aliphatic heterocycles. The zero-order valence-corrected chi connectivity index (χ0v) is 10.7. The van der Waals surface area contributed by atoms with Crippen molar-refractivity contribution in [1.29, 1.82) is 0 Å². The highest BCUT2D eigenvalue weighted by Crippen LogP contribution is 2.10. The van der Waals surface area contributed by atoms with E-state index in [2.05, 4.69) is 15.1 Å². The molecule has 2 N–H and O–H groups in total. The molecule has 96 valence electrons. The molecular weight excluding hydrogens is 240 g/mol. The summed E-state index contributed by atoms with van der Waals surface area (Å²) in [6.45, 7) is 1.66. The lowest BCUT2D eigenvalue weighted by Crippen LogP contribution is -2.40. The van der Waals surface area contributed by atoms with Crippen molar-refractivity contribution >= 4 is 10.0 Å². The van der Waals surface area contributed by atoms with E-state index in [0.717, 1.165) is 25.8 Å². The standard InChI is InChI=1S/C10H18N4O2S/c1-14-8-10(7-12-14)17(15,16)13-9-4-2-3-5-11-6-9/h7-9,11,13H,2-6H2,1H3. The molecule has 0 spiro atoms. The van der Waals surface area contributed by atoms with Gasteiger partial charge in [-0.05, 0) is 19.4 Å². The molecule has 0 saturated carbocycles. The highest BCUT2D eigenvalue weighted by atomic mass is 32.2. The summed E-state index contributed by atoms with van der Waals surface area (Å²) in [5.41, 5.74) is 0. The largest absolute Gasteiger partial charge is 0.315 e. The fraction of sp³-hybridized carbons (Fsp3) is 0.700. The fourth-order valence-electron chi connectivity index (χ4n) is 1.94. The van der Waals surface area contributed by atoms with Crippen molar-refractivity contribution in [3.63, 3.8) is 0 Å². The van der Waals surface area contributed by atoms with E-state index in [-0.39, 0.29) is 10.9 Å². The molecule has 1 fully saturated rings. The summed E-state index contributed by atoms with van der Waals surface area (Å²) in [7, 11) is -1.73. The molecule has 6 nitrogen and oxygen atoms in total. The molecule has 1 aliphatic rings. The topological polar surface area (TPSA) is 76.0 Å². The summed E-state index contributed by atoms with van der Waals surface area (Å²) in [6.07, 6.45) is 5.91. The second kappa shape index (κ2) is 5.16. The van der Waals surface area contributed by atoms with E-state index < -0.39 is 10.0 Å². The Kier molecular flexibility index (Phi) is 3.80. The number of aryl methyl sites for hydroxylation is 1. The minimum absolute atomic E-state index is 0.0253. The van der Waals surface area contributed by atoms with Crippen molar-refractivity contribution in [2.45, 2.75) is 30.2 Å². The van der Waals surface area contributed by atoms with E-state index in [1.54, 1.807) is 7.05 Å². The van der Waals surface area contributed by atoms with Gasteiger partial charge in [-0.2, -0.15) is 5.10 Å². The molecule has 1 atom stereocenters. The Balaban J connectivity index is 2.06. The summed E-state index contributed by atoms with van der Waals surface area (Å²) in [4.78, 5) is 0.226. The highest BCUT2D eigenvalue weighted by Gasteiger charge is 2.21. The lowest BCUT2D eigenvalue weighted by atomic mass is 10.2. The van der Waals surface area contributed by atoms with Gasteiger partial charge in [-0.25, -0.2) is 13.1 Å². The van der Waals surface area contributed by atoms with E-state index in [1.165, 1.54) is 17.1 Å². The Morgan fingerprint density at radius 3 is 3.06 bits per heavy atom. The maximum absolute atomic E-state index is 12.0. The van der Waals surface area contributed by atoms with Gasteiger partial charge in [-0.3, -0.25) is 4.68 Å². The number of hydrogen-bond acceptors (Lipinski definition) is 4. The normalized spacial score (nSPS) is 22.3. The third-order valence-corrected chi connectivity index (χ3v) is 4.34. The Bertz CT molecular complexity index is 460. The van der Waals surface area contributed by atoms with Gasteiger partial charge in [0.2, 0.25) is 10.0 Å². The molecule has 17 heavy (non-hydrogen) atoms. The van der Waals surface area contributed by atoms with Crippen molar-refractivity contribution in [3.05, 3.63) is 12.4 Å². The van der Waals surface area contributed by atoms with Gasteiger partial charge in [-0.15, -0.1) is 0 Å². The number of sulfonamides is 1. The van der Waals surface area contributed by atoms with E-state index in [4.69, 9.17) is 0 Å². The van der Waals surface area contributed by atoms with Crippen LogP contribution in [0.15, 0.2) is 17.3 Å². The van der Waals surface area contributed by atoms with Gasteiger partial charge in [-0.1, -0.05) is 6.42 Å². The van der Waals surface area contributed by atoms with Crippen molar-refractivity contribution < 1.29 is 8.42 Å². The summed E-state index contributed by atoms with van der Waals surface area (Å²) in [6, 6.07) is -0.0253. The lowest BCUT2D eigenvalue weighted by molar-refractivity contribution is 0.521. The van der Waals surface area contributed by atoms with E-state index in [0.29, 0.717) is 6.54 Å². The number of hydrogen-bond donors (Lipinski definition) is 2. The lowest BCUT2D eigenvalue weighted by Gasteiger charge is -2.15. The van der Waals surface area contributed by atoms with Crippen LogP contribution in [0.1, 0.15) is 19.3 Å². The Labute approximate surface area is 101 Å². The molecular formula is C10H18N4O2S. The van der Waals surface area contributed by atoms with Gasteiger partial charge < -0.3 is 5.32 Å². The minimum atomic E-state index is -3.43. The first kappa shape index (κ1) is 12.5. The van der Waals surface area contributed by atoms with Gasteiger partial charge in [0.25, 0.3) is 0 Å². The van der Waals surface area contributed by atoms with Crippen molar-refractivity contribution in [1.82, 2.24) is 19.8 Å². The first-order valence-electron chi connectivity index (χ1n) is 5.79. The maximum Gasteiger partial charge on any atom is 0.243 e. The molecule has 2 heterocycles. The molecule has 1 aromatic heterocycles. The summed E-state index contributed by atoms with van der Waals surface area (Å²) in [5.74, 6) is 0. The highest BCUT2D eigenvalue weighted by molar-refractivity contribution is 7.89. The smallest absolute Gasteiger partial charge is 0.243 e. The minimum Gasteiger partial charge on any atom is -0.315 e. The average Bonchev–Trinajstić information content (AvgIpc) is 2.55. The quantitative estimate of drug-likeness (QED) is 0.790. The molecule has 1 saturated heterocycles. The number of rotatable bonds is 3. The Morgan fingerprint density at radius 2 is 2.35 bits per heavy atom. The molecule has 2 rings (SSSR count). The number of nitrogens with one attached hydrogen (secondary N) is 2. The van der Waals surface area contributed by atoms with Crippen LogP contribution in [0, 0.1) is 0 Å². The molecule has 0 amide bonds. The second-order valence-corrected chi connectivity index (χ2v) is 6.08. The molecule has 0 radical (unpaired) electrons. The molecule has 7 heteroatoms. The summed E-state index contributed by atoms with van der Waals surface area (Å²) in [5, 5.41) is 7.11. The van der Waals surface area contributed by atoms with Gasteiger partial charge in [0, 0.05) is 25.8 Å². The molecule has 1 aromatic rings. The van der Waals surface area contributed by atoms with Gasteiger partial charge >= 0.3 is 0 Å². The van der Waals surface area contributed by atoms with Crippen molar-refractivity contribution in [2.24, 2.45) is 7.05 Å². The first-order chi connectivity index (χ1) is 8.08. The van der Waals surface area contributed by atoms with E-state index in [9.17, 15) is 8.42 Å². The SMILES string of the molecule is Cn1cc(S(=O)(=O)NC2CCCCNC2)cn1. The Morgan fingerprint density at radius 1 is 1.53 bits per heavy atom. The Hall–Kier alpha value is -0.920. The third-order valence-electron chi connectivity index (χ3n) is 2.86. The third kappa shape index (κ3) is 3.27. The van der Waals surface area contributed by atoms with E-state index in [1.807, 2.05) is 0 Å². The van der Waals surface area contributed by atoms with Crippen LogP contribution in [-0.4, -0.2) is 37.3 Å². The molecule has 0 aliphatic carbocycles.